The zero-order valence-corrected chi connectivity index (χ0v) is 9.17. The molecule has 2 nitrogen and oxygen atoms in total. The lowest BCUT2D eigenvalue weighted by Gasteiger charge is -2.07. The van der Waals surface area contributed by atoms with E-state index in [4.69, 9.17) is 4.42 Å². The van der Waals surface area contributed by atoms with E-state index in [1.54, 1.807) is 6.07 Å². The molecule has 0 saturated heterocycles. The maximum atomic E-state index is 11.8. The van der Waals surface area contributed by atoms with E-state index in [0.717, 1.165) is 25.0 Å². The molecule has 14 heavy (non-hydrogen) atoms. The number of furan rings is 1. The molecule has 0 spiro atoms. The van der Waals surface area contributed by atoms with Gasteiger partial charge in [-0.3, -0.25) is 4.79 Å². The minimum atomic E-state index is 0.117. The standard InChI is InChI=1S/C12H18O2/c1-4-9(5-2)12(13)11-8-7-10(6-3)14-11/h7-9H,4-6H2,1-3H3. The van der Waals surface area contributed by atoms with Gasteiger partial charge >= 0.3 is 0 Å². The van der Waals surface area contributed by atoms with Gasteiger partial charge in [0.2, 0.25) is 5.78 Å². The highest BCUT2D eigenvalue weighted by atomic mass is 16.3. The Labute approximate surface area is 85.3 Å². The van der Waals surface area contributed by atoms with Crippen LogP contribution in [0.25, 0.3) is 0 Å². The molecule has 0 saturated carbocycles. The van der Waals surface area contributed by atoms with E-state index in [1.807, 2.05) is 26.8 Å². The Bertz CT molecular complexity index is 295. The molecule has 1 rings (SSSR count). The minimum Gasteiger partial charge on any atom is -0.458 e. The van der Waals surface area contributed by atoms with Gasteiger partial charge in [-0.15, -0.1) is 0 Å². The zero-order valence-electron chi connectivity index (χ0n) is 9.17. The molecule has 0 radical (unpaired) electrons. The lowest BCUT2D eigenvalue weighted by molar-refractivity contribution is 0.0883. The van der Waals surface area contributed by atoms with Crippen molar-refractivity contribution in [3.63, 3.8) is 0 Å². The molecule has 1 aromatic rings. The summed E-state index contributed by atoms with van der Waals surface area (Å²) in [6.45, 7) is 6.09. The van der Waals surface area contributed by atoms with Crippen molar-refractivity contribution >= 4 is 5.78 Å². The van der Waals surface area contributed by atoms with Crippen LogP contribution in [0.1, 0.15) is 49.9 Å². The SMILES string of the molecule is CCc1ccc(C(=O)C(CC)CC)o1. The summed E-state index contributed by atoms with van der Waals surface area (Å²) in [4.78, 5) is 11.8. The zero-order chi connectivity index (χ0) is 10.6. The highest BCUT2D eigenvalue weighted by molar-refractivity contribution is 5.95. The van der Waals surface area contributed by atoms with Crippen LogP contribution in [0.4, 0.5) is 0 Å². The van der Waals surface area contributed by atoms with E-state index < -0.39 is 0 Å². The Kier molecular flexibility index (Phi) is 3.93. The Morgan fingerprint density at radius 2 is 1.93 bits per heavy atom. The van der Waals surface area contributed by atoms with E-state index in [2.05, 4.69) is 0 Å². The van der Waals surface area contributed by atoms with Crippen molar-refractivity contribution in [2.75, 3.05) is 0 Å². The number of rotatable bonds is 5. The maximum absolute atomic E-state index is 11.8. The van der Waals surface area contributed by atoms with Gasteiger partial charge in [-0.1, -0.05) is 20.8 Å². The van der Waals surface area contributed by atoms with Gasteiger partial charge in [0.25, 0.3) is 0 Å². The molecular weight excluding hydrogens is 176 g/mol. The number of carbonyl (C=O) groups is 1. The molecule has 0 bridgehead atoms. The average molecular weight is 194 g/mol. The van der Waals surface area contributed by atoms with E-state index >= 15 is 0 Å². The van der Waals surface area contributed by atoms with Crippen molar-refractivity contribution in [2.45, 2.75) is 40.0 Å². The number of Topliss-reactive ketones (excluding diaryl/α,β-unsaturated/α-hetero) is 1. The van der Waals surface area contributed by atoms with Crippen LogP contribution >= 0.6 is 0 Å². The molecule has 0 aliphatic carbocycles. The molecule has 1 heterocycles. The third-order valence-corrected chi connectivity index (χ3v) is 2.61. The Morgan fingerprint density at radius 1 is 1.29 bits per heavy atom. The van der Waals surface area contributed by atoms with Crippen LogP contribution < -0.4 is 0 Å². The highest BCUT2D eigenvalue weighted by Gasteiger charge is 2.19. The van der Waals surface area contributed by atoms with Gasteiger partial charge < -0.3 is 4.42 Å². The van der Waals surface area contributed by atoms with Gasteiger partial charge in [-0.25, -0.2) is 0 Å². The molecule has 2 heteroatoms. The first kappa shape index (κ1) is 11.0. The lowest BCUT2D eigenvalue weighted by atomic mass is 9.97. The summed E-state index contributed by atoms with van der Waals surface area (Å²) in [6, 6.07) is 3.68. The van der Waals surface area contributed by atoms with Gasteiger partial charge in [0, 0.05) is 12.3 Å². The van der Waals surface area contributed by atoms with Crippen LogP contribution in [-0.4, -0.2) is 5.78 Å². The first-order valence-electron chi connectivity index (χ1n) is 5.35. The van der Waals surface area contributed by atoms with Crippen molar-refractivity contribution in [1.29, 1.82) is 0 Å². The Hall–Kier alpha value is -1.05. The summed E-state index contributed by atoms with van der Waals surface area (Å²) in [5.74, 6) is 1.68. The predicted octanol–water partition coefficient (Wildman–Crippen LogP) is 3.46. The van der Waals surface area contributed by atoms with Gasteiger partial charge in [-0.05, 0) is 25.0 Å². The van der Waals surface area contributed by atoms with E-state index in [-0.39, 0.29) is 11.7 Å². The van der Waals surface area contributed by atoms with Crippen molar-refractivity contribution < 1.29 is 9.21 Å². The molecule has 0 aromatic carbocycles. The summed E-state index contributed by atoms with van der Waals surface area (Å²) in [5, 5.41) is 0. The first-order chi connectivity index (χ1) is 6.72. The molecule has 0 N–H and O–H groups in total. The smallest absolute Gasteiger partial charge is 0.201 e. The molecule has 0 aliphatic heterocycles. The topological polar surface area (TPSA) is 30.2 Å². The lowest BCUT2D eigenvalue weighted by Crippen LogP contribution is -2.11. The van der Waals surface area contributed by atoms with Crippen LogP contribution in [-0.2, 0) is 6.42 Å². The normalized spacial score (nSPS) is 10.9. The molecule has 78 valence electrons. The van der Waals surface area contributed by atoms with Gasteiger partial charge in [0.1, 0.15) is 5.76 Å². The minimum absolute atomic E-state index is 0.117. The van der Waals surface area contributed by atoms with Crippen LogP contribution in [0, 0.1) is 5.92 Å². The quantitative estimate of drug-likeness (QED) is 0.672. The summed E-state index contributed by atoms with van der Waals surface area (Å²) in [7, 11) is 0. The number of hydrogen-bond donors (Lipinski definition) is 0. The van der Waals surface area contributed by atoms with Crippen molar-refractivity contribution in [1.82, 2.24) is 0 Å². The van der Waals surface area contributed by atoms with E-state index in [0.29, 0.717) is 5.76 Å². The molecule has 0 amide bonds. The Balaban J connectivity index is 2.77. The van der Waals surface area contributed by atoms with Gasteiger partial charge in [0.15, 0.2) is 5.76 Å². The second kappa shape index (κ2) is 4.99. The van der Waals surface area contributed by atoms with Crippen LogP contribution in [0.5, 0.6) is 0 Å². The number of hydrogen-bond acceptors (Lipinski definition) is 2. The summed E-state index contributed by atoms with van der Waals surface area (Å²) >= 11 is 0. The summed E-state index contributed by atoms with van der Waals surface area (Å²) in [5.41, 5.74) is 0. The van der Waals surface area contributed by atoms with Crippen molar-refractivity contribution in [3.05, 3.63) is 23.7 Å². The predicted molar refractivity (Wildman–Crippen MR) is 56.5 cm³/mol. The molecule has 0 unspecified atom stereocenters. The number of ketones is 1. The second-order valence-electron chi connectivity index (χ2n) is 3.50. The van der Waals surface area contributed by atoms with E-state index in [9.17, 15) is 4.79 Å². The fourth-order valence-electron chi connectivity index (χ4n) is 1.56. The van der Waals surface area contributed by atoms with Crippen LogP contribution in [0.2, 0.25) is 0 Å². The molecule has 1 aromatic heterocycles. The fourth-order valence-corrected chi connectivity index (χ4v) is 1.56. The third kappa shape index (κ3) is 2.25. The van der Waals surface area contributed by atoms with Gasteiger partial charge in [-0.2, -0.15) is 0 Å². The third-order valence-electron chi connectivity index (χ3n) is 2.61. The molecule has 0 fully saturated rings. The highest BCUT2D eigenvalue weighted by Crippen LogP contribution is 2.18. The number of carbonyl (C=O) groups excluding carboxylic acids is 1. The van der Waals surface area contributed by atoms with Crippen LogP contribution in [0.15, 0.2) is 16.5 Å². The van der Waals surface area contributed by atoms with Crippen molar-refractivity contribution in [2.24, 2.45) is 5.92 Å². The largest absolute Gasteiger partial charge is 0.458 e. The van der Waals surface area contributed by atoms with E-state index in [1.165, 1.54) is 0 Å². The summed E-state index contributed by atoms with van der Waals surface area (Å²) in [6.07, 6.45) is 2.62. The average Bonchev–Trinajstić information content (AvgIpc) is 2.67. The van der Waals surface area contributed by atoms with Crippen molar-refractivity contribution in [3.8, 4) is 0 Å². The molecule has 0 atom stereocenters. The van der Waals surface area contributed by atoms with Crippen LogP contribution in [0.3, 0.4) is 0 Å². The second-order valence-corrected chi connectivity index (χ2v) is 3.50. The summed E-state index contributed by atoms with van der Waals surface area (Å²) < 4.78 is 5.43. The monoisotopic (exact) mass is 194 g/mol. The first-order valence-corrected chi connectivity index (χ1v) is 5.35. The Morgan fingerprint density at radius 3 is 2.36 bits per heavy atom. The number of aryl methyl sites for hydroxylation is 1. The molecular formula is C12H18O2. The fraction of sp³-hybridized carbons (Fsp3) is 0.583. The van der Waals surface area contributed by atoms with Gasteiger partial charge in [0.05, 0.1) is 0 Å². The molecule has 0 aliphatic rings. The maximum Gasteiger partial charge on any atom is 0.201 e.